The molecule has 1 heterocycles. The Hall–Kier alpha value is -1.02. The maximum absolute atomic E-state index is 12.7. The molecular weight excluding hydrogens is 304 g/mol. The second kappa shape index (κ2) is 5.77. The molecule has 0 radical (unpaired) electrons. The van der Waals surface area contributed by atoms with Crippen molar-refractivity contribution < 1.29 is 18.3 Å². The lowest BCUT2D eigenvalue weighted by Gasteiger charge is -2.24. The molecule has 1 atom stereocenters. The van der Waals surface area contributed by atoms with Gasteiger partial charge in [0.15, 0.2) is 5.75 Å². The lowest BCUT2D eigenvalue weighted by molar-refractivity contribution is 0.149. The van der Waals surface area contributed by atoms with Gasteiger partial charge in [0.2, 0.25) is 10.0 Å². The molecule has 1 aromatic carbocycles. The van der Waals surface area contributed by atoms with Crippen molar-refractivity contribution in [2.24, 2.45) is 0 Å². The van der Waals surface area contributed by atoms with Crippen LogP contribution in [-0.4, -0.2) is 44.1 Å². The molecule has 0 spiro atoms. The molecule has 112 valence electrons. The van der Waals surface area contributed by atoms with Crippen molar-refractivity contribution >= 4 is 27.3 Å². The van der Waals surface area contributed by atoms with Crippen molar-refractivity contribution in [2.45, 2.75) is 23.8 Å². The average Bonchev–Trinajstić information content (AvgIpc) is 2.83. The maximum atomic E-state index is 12.7. The van der Waals surface area contributed by atoms with Gasteiger partial charge < -0.3 is 15.6 Å². The number of ether oxygens (including phenoxy) is 1. The van der Waals surface area contributed by atoms with Crippen LogP contribution in [0, 0.1) is 0 Å². The zero-order chi connectivity index (χ0) is 14.9. The smallest absolute Gasteiger partial charge is 0.248 e. The van der Waals surface area contributed by atoms with Crippen LogP contribution >= 0.6 is 11.6 Å². The molecule has 3 N–H and O–H groups in total. The Morgan fingerprint density at radius 1 is 1.55 bits per heavy atom. The fourth-order valence-electron chi connectivity index (χ4n) is 2.41. The van der Waals surface area contributed by atoms with E-state index in [0.717, 1.165) is 6.42 Å². The minimum atomic E-state index is -3.90. The molecule has 0 bridgehead atoms. The van der Waals surface area contributed by atoms with Crippen molar-refractivity contribution in [3.05, 3.63) is 17.2 Å². The third-order valence-corrected chi connectivity index (χ3v) is 5.82. The van der Waals surface area contributed by atoms with Crippen molar-refractivity contribution in [1.82, 2.24) is 4.31 Å². The van der Waals surface area contributed by atoms with Crippen molar-refractivity contribution in [1.29, 1.82) is 0 Å². The highest BCUT2D eigenvalue weighted by molar-refractivity contribution is 7.89. The van der Waals surface area contributed by atoms with Crippen LogP contribution in [0.1, 0.15) is 12.8 Å². The number of nitrogen functional groups attached to an aromatic ring is 1. The molecule has 0 amide bonds. The third kappa shape index (κ3) is 2.58. The SMILES string of the molecule is COC[C@@H]1CCCN1S(=O)(=O)c1c(Cl)ccc(N)c1O. The number of aromatic hydroxyl groups is 1. The summed E-state index contributed by atoms with van der Waals surface area (Å²) in [5.74, 6) is -0.499. The fraction of sp³-hybridized carbons (Fsp3) is 0.500. The van der Waals surface area contributed by atoms with Gasteiger partial charge in [0, 0.05) is 19.7 Å². The molecule has 0 saturated carbocycles. The summed E-state index contributed by atoms with van der Waals surface area (Å²) in [6.07, 6.45) is 1.46. The highest BCUT2D eigenvalue weighted by Gasteiger charge is 2.38. The van der Waals surface area contributed by atoms with Gasteiger partial charge in [-0.2, -0.15) is 4.31 Å². The molecule has 0 unspecified atom stereocenters. The number of nitrogens with two attached hydrogens (primary N) is 1. The van der Waals surface area contributed by atoms with Gasteiger partial charge in [-0.1, -0.05) is 11.6 Å². The number of rotatable bonds is 4. The van der Waals surface area contributed by atoms with Gasteiger partial charge in [-0.25, -0.2) is 8.42 Å². The number of methoxy groups -OCH3 is 1. The van der Waals surface area contributed by atoms with Crippen LogP contribution < -0.4 is 5.73 Å². The van der Waals surface area contributed by atoms with Crippen LogP contribution in [0.15, 0.2) is 17.0 Å². The van der Waals surface area contributed by atoms with E-state index in [1.807, 2.05) is 0 Å². The van der Waals surface area contributed by atoms with Crippen LogP contribution in [0.2, 0.25) is 5.02 Å². The number of phenols is 1. The average molecular weight is 321 g/mol. The molecule has 1 saturated heterocycles. The van der Waals surface area contributed by atoms with Crippen LogP contribution in [0.4, 0.5) is 5.69 Å². The van der Waals surface area contributed by atoms with E-state index in [2.05, 4.69) is 0 Å². The summed E-state index contributed by atoms with van der Waals surface area (Å²) in [6.45, 7) is 0.681. The van der Waals surface area contributed by atoms with Crippen LogP contribution in [0.25, 0.3) is 0 Å². The molecule has 1 aliphatic rings. The molecule has 20 heavy (non-hydrogen) atoms. The van der Waals surface area contributed by atoms with E-state index >= 15 is 0 Å². The first kappa shape index (κ1) is 15.4. The van der Waals surface area contributed by atoms with E-state index in [-0.39, 0.29) is 21.6 Å². The molecule has 2 rings (SSSR count). The first-order valence-electron chi connectivity index (χ1n) is 6.17. The first-order valence-corrected chi connectivity index (χ1v) is 7.99. The van der Waals surface area contributed by atoms with Crippen LogP contribution in [-0.2, 0) is 14.8 Å². The Morgan fingerprint density at radius 3 is 2.90 bits per heavy atom. The monoisotopic (exact) mass is 320 g/mol. The van der Waals surface area contributed by atoms with Gasteiger partial charge in [0.1, 0.15) is 4.90 Å². The minimum Gasteiger partial charge on any atom is -0.504 e. The van der Waals surface area contributed by atoms with Crippen LogP contribution in [0.5, 0.6) is 5.75 Å². The number of hydrogen-bond acceptors (Lipinski definition) is 5. The van der Waals surface area contributed by atoms with E-state index in [1.165, 1.54) is 23.5 Å². The number of phenolic OH excluding ortho intramolecular Hbond substituents is 1. The van der Waals surface area contributed by atoms with Gasteiger partial charge in [-0.3, -0.25) is 0 Å². The summed E-state index contributed by atoms with van der Waals surface area (Å²) in [5, 5.41) is 9.90. The zero-order valence-corrected chi connectivity index (χ0v) is 12.6. The van der Waals surface area contributed by atoms with Crippen molar-refractivity contribution in [3.63, 3.8) is 0 Å². The molecule has 1 aliphatic heterocycles. The molecule has 0 aromatic heterocycles. The Bertz CT molecular complexity index is 606. The largest absolute Gasteiger partial charge is 0.504 e. The zero-order valence-electron chi connectivity index (χ0n) is 11.0. The lowest BCUT2D eigenvalue weighted by atomic mass is 10.2. The highest BCUT2D eigenvalue weighted by Crippen LogP contribution is 2.38. The quantitative estimate of drug-likeness (QED) is 0.646. The Kier molecular flexibility index (Phi) is 4.43. The summed E-state index contributed by atoms with van der Waals surface area (Å²) in [4.78, 5) is -0.331. The predicted octanol–water partition coefficient (Wildman–Crippen LogP) is 1.43. The summed E-state index contributed by atoms with van der Waals surface area (Å²) >= 11 is 5.94. The van der Waals surface area contributed by atoms with Gasteiger partial charge >= 0.3 is 0 Å². The number of benzene rings is 1. The number of hydrogen-bond donors (Lipinski definition) is 2. The molecule has 1 fully saturated rings. The van der Waals surface area contributed by atoms with Gasteiger partial charge in [0.25, 0.3) is 0 Å². The minimum absolute atomic E-state index is 0.0181. The second-order valence-electron chi connectivity index (χ2n) is 4.68. The Labute approximate surface area is 123 Å². The summed E-state index contributed by atoms with van der Waals surface area (Å²) in [6, 6.07) is 2.49. The standard InChI is InChI=1S/C12H17ClN2O4S/c1-19-7-8-3-2-6-15(8)20(17,18)12-9(13)4-5-10(14)11(12)16/h4-5,8,16H,2-3,6-7,14H2,1H3/t8-/m0/s1. The number of anilines is 1. The van der Waals surface area contributed by atoms with E-state index in [1.54, 1.807) is 0 Å². The number of sulfonamides is 1. The van der Waals surface area contributed by atoms with Crippen LogP contribution in [0.3, 0.4) is 0 Å². The Balaban J connectivity index is 2.48. The number of nitrogens with zero attached hydrogens (tertiary/aromatic N) is 1. The molecule has 1 aromatic rings. The topological polar surface area (TPSA) is 92.9 Å². The molecular formula is C12H17ClN2O4S. The summed E-state index contributed by atoms with van der Waals surface area (Å²) in [7, 11) is -2.38. The van der Waals surface area contributed by atoms with Gasteiger partial charge in [0.05, 0.1) is 17.3 Å². The van der Waals surface area contributed by atoms with E-state index in [0.29, 0.717) is 19.6 Å². The second-order valence-corrected chi connectivity index (χ2v) is 6.92. The number of halogens is 1. The highest BCUT2D eigenvalue weighted by atomic mass is 35.5. The molecule has 8 heteroatoms. The van der Waals surface area contributed by atoms with E-state index in [9.17, 15) is 13.5 Å². The predicted molar refractivity (Wildman–Crippen MR) is 76.3 cm³/mol. The lowest BCUT2D eigenvalue weighted by Crippen LogP contribution is -2.38. The molecule has 0 aliphatic carbocycles. The van der Waals surface area contributed by atoms with Gasteiger partial charge in [-0.15, -0.1) is 0 Å². The van der Waals surface area contributed by atoms with E-state index in [4.69, 9.17) is 22.1 Å². The Morgan fingerprint density at radius 2 is 2.25 bits per heavy atom. The molecule has 6 nitrogen and oxygen atoms in total. The summed E-state index contributed by atoms with van der Waals surface area (Å²) < 4.78 is 31.7. The maximum Gasteiger partial charge on any atom is 0.248 e. The van der Waals surface area contributed by atoms with Gasteiger partial charge in [-0.05, 0) is 25.0 Å². The summed E-state index contributed by atoms with van der Waals surface area (Å²) in [5.41, 5.74) is 5.54. The van der Waals surface area contributed by atoms with Crippen molar-refractivity contribution in [2.75, 3.05) is 26.0 Å². The normalized spacial score (nSPS) is 20.4. The third-order valence-electron chi connectivity index (χ3n) is 3.36. The van der Waals surface area contributed by atoms with E-state index < -0.39 is 15.8 Å². The first-order chi connectivity index (χ1) is 9.39. The fourth-order valence-corrected chi connectivity index (χ4v) is 4.69. The van der Waals surface area contributed by atoms with Crippen molar-refractivity contribution in [3.8, 4) is 5.75 Å².